The molecule has 0 unspecified atom stereocenters. The van der Waals surface area contributed by atoms with E-state index in [0.717, 1.165) is 18.8 Å². The van der Waals surface area contributed by atoms with Gasteiger partial charge in [-0.2, -0.15) is 0 Å². The second-order valence-electron chi connectivity index (χ2n) is 5.22. The van der Waals surface area contributed by atoms with E-state index < -0.39 is 5.82 Å². The SMILES string of the molecule is CCc1nc(-c2cccc(Cl)c2F)c(N)n1CC(C)C. The molecule has 0 aliphatic carbocycles. The van der Waals surface area contributed by atoms with Crippen LogP contribution in [0.4, 0.5) is 10.2 Å². The van der Waals surface area contributed by atoms with Crippen LogP contribution in [0.15, 0.2) is 18.2 Å². The fraction of sp³-hybridized carbons (Fsp3) is 0.400. The van der Waals surface area contributed by atoms with E-state index in [1.165, 1.54) is 6.07 Å². The van der Waals surface area contributed by atoms with Gasteiger partial charge < -0.3 is 10.3 Å². The number of imidazole rings is 1. The fourth-order valence-electron chi connectivity index (χ4n) is 2.24. The number of hydrogen-bond acceptors (Lipinski definition) is 2. The van der Waals surface area contributed by atoms with Crippen molar-refractivity contribution in [2.24, 2.45) is 5.92 Å². The molecule has 0 aliphatic rings. The van der Waals surface area contributed by atoms with Gasteiger partial charge in [0.15, 0.2) is 5.82 Å². The molecule has 1 aromatic carbocycles. The Labute approximate surface area is 123 Å². The van der Waals surface area contributed by atoms with Gasteiger partial charge in [0.1, 0.15) is 17.3 Å². The third-order valence-electron chi connectivity index (χ3n) is 3.16. The Morgan fingerprint density at radius 1 is 1.40 bits per heavy atom. The number of aryl methyl sites for hydroxylation is 1. The molecule has 2 aromatic rings. The molecule has 0 amide bonds. The summed E-state index contributed by atoms with van der Waals surface area (Å²) in [6.45, 7) is 7.00. The zero-order chi connectivity index (χ0) is 14.9. The maximum Gasteiger partial charge on any atom is 0.151 e. The maximum absolute atomic E-state index is 14.1. The Bertz CT molecular complexity index is 620. The molecule has 0 aliphatic heterocycles. The number of nitrogens with two attached hydrogens (primary N) is 1. The van der Waals surface area contributed by atoms with E-state index >= 15 is 0 Å². The molecule has 0 saturated carbocycles. The zero-order valence-electron chi connectivity index (χ0n) is 12.0. The molecule has 5 heteroatoms. The summed E-state index contributed by atoms with van der Waals surface area (Å²) >= 11 is 5.83. The molecular formula is C15H19ClFN3. The Hall–Kier alpha value is -1.55. The molecule has 0 atom stereocenters. The number of halogens is 2. The van der Waals surface area contributed by atoms with Gasteiger partial charge in [0.05, 0.1) is 5.02 Å². The topological polar surface area (TPSA) is 43.8 Å². The standard InChI is InChI=1S/C15H19ClFN3/c1-4-12-19-14(15(18)20(12)8-9(2)3)10-6-5-7-11(16)13(10)17/h5-7,9H,4,8,18H2,1-3H3. The van der Waals surface area contributed by atoms with Crippen molar-refractivity contribution in [2.45, 2.75) is 33.7 Å². The van der Waals surface area contributed by atoms with Crippen molar-refractivity contribution in [3.8, 4) is 11.3 Å². The van der Waals surface area contributed by atoms with E-state index in [1.54, 1.807) is 12.1 Å². The minimum atomic E-state index is -0.474. The summed E-state index contributed by atoms with van der Waals surface area (Å²) in [5, 5.41) is 0.0818. The third-order valence-corrected chi connectivity index (χ3v) is 3.45. The number of nitrogens with zero attached hydrogens (tertiary/aromatic N) is 2. The Morgan fingerprint density at radius 2 is 2.10 bits per heavy atom. The van der Waals surface area contributed by atoms with Gasteiger partial charge in [-0.05, 0) is 18.1 Å². The normalized spacial score (nSPS) is 11.3. The van der Waals surface area contributed by atoms with Crippen LogP contribution >= 0.6 is 11.6 Å². The lowest BCUT2D eigenvalue weighted by atomic mass is 10.1. The van der Waals surface area contributed by atoms with E-state index in [4.69, 9.17) is 17.3 Å². The number of nitrogen functional groups attached to an aromatic ring is 1. The predicted molar refractivity (Wildman–Crippen MR) is 81.3 cm³/mol. The van der Waals surface area contributed by atoms with Crippen molar-refractivity contribution in [2.75, 3.05) is 5.73 Å². The smallest absolute Gasteiger partial charge is 0.151 e. The second-order valence-corrected chi connectivity index (χ2v) is 5.63. The van der Waals surface area contributed by atoms with Crippen LogP contribution in [0.3, 0.4) is 0 Å². The summed E-state index contributed by atoms with van der Waals surface area (Å²) in [6, 6.07) is 4.87. The van der Waals surface area contributed by atoms with Gasteiger partial charge in [-0.1, -0.05) is 38.4 Å². The highest BCUT2D eigenvalue weighted by molar-refractivity contribution is 6.31. The average Bonchev–Trinajstić information content (AvgIpc) is 2.70. The lowest BCUT2D eigenvalue weighted by Crippen LogP contribution is -2.11. The van der Waals surface area contributed by atoms with Gasteiger partial charge in [-0.3, -0.25) is 0 Å². The van der Waals surface area contributed by atoms with E-state index in [2.05, 4.69) is 18.8 Å². The molecular weight excluding hydrogens is 277 g/mol. The number of aromatic nitrogens is 2. The van der Waals surface area contributed by atoms with Crippen molar-refractivity contribution in [1.29, 1.82) is 0 Å². The molecule has 1 aromatic heterocycles. The molecule has 1 heterocycles. The van der Waals surface area contributed by atoms with E-state index in [1.807, 2.05) is 11.5 Å². The summed E-state index contributed by atoms with van der Waals surface area (Å²) in [4.78, 5) is 4.49. The van der Waals surface area contributed by atoms with Crippen molar-refractivity contribution < 1.29 is 4.39 Å². The minimum absolute atomic E-state index is 0.0818. The van der Waals surface area contributed by atoms with Crippen molar-refractivity contribution in [3.05, 3.63) is 34.9 Å². The van der Waals surface area contributed by atoms with Crippen LogP contribution in [0.1, 0.15) is 26.6 Å². The molecule has 108 valence electrons. The first kappa shape index (κ1) is 14.9. The van der Waals surface area contributed by atoms with E-state index in [-0.39, 0.29) is 5.02 Å². The molecule has 0 fully saturated rings. The van der Waals surface area contributed by atoms with Gasteiger partial charge in [-0.25, -0.2) is 9.37 Å². The highest BCUT2D eigenvalue weighted by atomic mass is 35.5. The van der Waals surface area contributed by atoms with Crippen LogP contribution in [-0.4, -0.2) is 9.55 Å². The molecule has 0 radical (unpaired) electrons. The number of benzene rings is 1. The lowest BCUT2D eigenvalue weighted by molar-refractivity contribution is 0.513. The molecule has 0 saturated heterocycles. The Balaban J connectivity index is 2.58. The molecule has 0 bridgehead atoms. The summed E-state index contributed by atoms with van der Waals surface area (Å²) in [5.74, 6) is 1.33. The summed E-state index contributed by atoms with van der Waals surface area (Å²) < 4.78 is 16.1. The van der Waals surface area contributed by atoms with Gasteiger partial charge in [0, 0.05) is 18.5 Å². The first-order valence-electron chi connectivity index (χ1n) is 6.74. The highest BCUT2D eigenvalue weighted by Crippen LogP contribution is 2.32. The van der Waals surface area contributed by atoms with Crippen LogP contribution in [0, 0.1) is 11.7 Å². The second kappa shape index (κ2) is 5.83. The van der Waals surface area contributed by atoms with Crippen LogP contribution in [-0.2, 0) is 13.0 Å². The van der Waals surface area contributed by atoms with Crippen LogP contribution < -0.4 is 5.73 Å². The Morgan fingerprint density at radius 3 is 2.70 bits per heavy atom. The first-order chi connectivity index (χ1) is 9.45. The summed E-state index contributed by atoms with van der Waals surface area (Å²) in [5.41, 5.74) is 7.00. The van der Waals surface area contributed by atoms with Gasteiger partial charge in [-0.15, -0.1) is 0 Å². The minimum Gasteiger partial charge on any atom is -0.383 e. The third kappa shape index (κ3) is 2.66. The monoisotopic (exact) mass is 295 g/mol. The maximum atomic E-state index is 14.1. The number of hydrogen-bond donors (Lipinski definition) is 1. The van der Waals surface area contributed by atoms with Crippen molar-refractivity contribution in [3.63, 3.8) is 0 Å². The van der Waals surface area contributed by atoms with Crippen molar-refractivity contribution >= 4 is 17.4 Å². The quantitative estimate of drug-likeness (QED) is 0.921. The van der Waals surface area contributed by atoms with Crippen molar-refractivity contribution in [1.82, 2.24) is 9.55 Å². The predicted octanol–water partition coefficient (Wildman–Crippen LogP) is 4.14. The van der Waals surface area contributed by atoms with E-state index in [9.17, 15) is 4.39 Å². The lowest BCUT2D eigenvalue weighted by Gasteiger charge is -2.11. The molecule has 20 heavy (non-hydrogen) atoms. The molecule has 0 spiro atoms. The van der Waals surface area contributed by atoms with Gasteiger partial charge >= 0.3 is 0 Å². The summed E-state index contributed by atoms with van der Waals surface area (Å²) in [7, 11) is 0. The molecule has 3 nitrogen and oxygen atoms in total. The van der Waals surface area contributed by atoms with Crippen LogP contribution in [0.5, 0.6) is 0 Å². The van der Waals surface area contributed by atoms with Crippen LogP contribution in [0.2, 0.25) is 5.02 Å². The molecule has 2 N–H and O–H groups in total. The van der Waals surface area contributed by atoms with E-state index in [0.29, 0.717) is 23.0 Å². The average molecular weight is 296 g/mol. The first-order valence-corrected chi connectivity index (χ1v) is 7.12. The largest absolute Gasteiger partial charge is 0.383 e. The number of rotatable bonds is 4. The fourth-order valence-corrected chi connectivity index (χ4v) is 2.41. The number of anilines is 1. The summed E-state index contributed by atoms with van der Waals surface area (Å²) in [6.07, 6.45) is 0.749. The zero-order valence-corrected chi connectivity index (χ0v) is 12.7. The van der Waals surface area contributed by atoms with Gasteiger partial charge in [0.2, 0.25) is 0 Å². The highest BCUT2D eigenvalue weighted by Gasteiger charge is 2.19. The Kier molecular flexibility index (Phi) is 4.33. The molecule has 2 rings (SSSR count). The van der Waals surface area contributed by atoms with Gasteiger partial charge in [0.25, 0.3) is 0 Å². The van der Waals surface area contributed by atoms with Crippen LogP contribution in [0.25, 0.3) is 11.3 Å².